The van der Waals surface area contributed by atoms with Crippen LogP contribution in [0.3, 0.4) is 0 Å². The Labute approximate surface area is 134 Å². The number of aliphatic hydroxyl groups is 1. The first-order valence-electron chi connectivity index (χ1n) is 7.25. The van der Waals surface area contributed by atoms with Crippen LogP contribution in [0.1, 0.15) is 30.8 Å². The van der Waals surface area contributed by atoms with Gasteiger partial charge in [-0.05, 0) is 38.1 Å². The highest BCUT2D eigenvalue weighted by atomic mass is 32.2. The third-order valence-corrected chi connectivity index (χ3v) is 4.26. The number of carbonyl (C=O) groups is 1. The lowest BCUT2D eigenvalue weighted by molar-refractivity contribution is -0.119. The van der Waals surface area contributed by atoms with Crippen LogP contribution in [0.4, 0.5) is 0 Å². The SMILES string of the molecule is Cc1ccc(SCC(=O)NC(C)CC(O)c2ccco2)cc1. The van der Waals surface area contributed by atoms with Gasteiger partial charge in [0.1, 0.15) is 11.9 Å². The van der Waals surface area contributed by atoms with Crippen molar-refractivity contribution in [3.63, 3.8) is 0 Å². The summed E-state index contributed by atoms with van der Waals surface area (Å²) >= 11 is 1.50. The van der Waals surface area contributed by atoms with Crippen LogP contribution >= 0.6 is 11.8 Å². The maximum atomic E-state index is 11.9. The van der Waals surface area contributed by atoms with Crippen LogP contribution in [0.15, 0.2) is 52.0 Å². The lowest BCUT2D eigenvalue weighted by atomic mass is 10.1. The lowest BCUT2D eigenvalue weighted by Crippen LogP contribution is -2.34. The topological polar surface area (TPSA) is 62.5 Å². The van der Waals surface area contributed by atoms with Gasteiger partial charge in [-0.25, -0.2) is 0 Å². The summed E-state index contributed by atoms with van der Waals surface area (Å²) in [5.74, 6) is 0.851. The van der Waals surface area contributed by atoms with E-state index in [0.717, 1.165) is 4.90 Å². The van der Waals surface area contributed by atoms with Crippen LogP contribution in [0, 0.1) is 6.92 Å². The van der Waals surface area contributed by atoms with Gasteiger partial charge < -0.3 is 14.8 Å². The van der Waals surface area contributed by atoms with E-state index in [4.69, 9.17) is 4.42 Å². The maximum absolute atomic E-state index is 11.9. The quantitative estimate of drug-likeness (QED) is 0.769. The predicted octanol–water partition coefficient (Wildman–Crippen LogP) is 3.31. The molecule has 1 aromatic heterocycles. The van der Waals surface area contributed by atoms with E-state index in [1.54, 1.807) is 12.1 Å². The number of rotatable bonds is 7. The Morgan fingerprint density at radius 1 is 1.32 bits per heavy atom. The highest BCUT2D eigenvalue weighted by molar-refractivity contribution is 8.00. The number of benzene rings is 1. The van der Waals surface area contributed by atoms with E-state index in [-0.39, 0.29) is 11.9 Å². The van der Waals surface area contributed by atoms with Gasteiger partial charge in [-0.2, -0.15) is 0 Å². The lowest BCUT2D eigenvalue weighted by Gasteiger charge is -2.16. The summed E-state index contributed by atoms with van der Waals surface area (Å²) in [5, 5.41) is 12.9. The fraction of sp³-hybridized carbons (Fsp3) is 0.353. The summed E-state index contributed by atoms with van der Waals surface area (Å²) in [7, 11) is 0. The smallest absolute Gasteiger partial charge is 0.230 e. The van der Waals surface area contributed by atoms with Crippen molar-refractivity contribution >= 4 is 17.7 Å². The van der Waals surface area contributed by atoms with E-state index in [1.807, 2.05) is 38.1 Å². The van der Waals surface area contributed by atoms with Crippen LogP contribution in [0.5, 0.6) is 0 Å². The van der Waals surface area contributed by atoms with Crippen molar-refractivity contribution in [1.29, 1.82) is 0 Å². The molecule has 118 valence electrons. The molecule has 5 heteroatoms. The number of hydrogen-bond acceptors (Lipinski definition) is 4. The number of carbonyl (C=O) groups excluding carboxylic acids is 1. The van der Waals surface area contributed by atoms with E-state index in [2.05, 4.69) is 5.32 Å². The van der Waals surface area contributed by atoms with Crippen LogP contribution in [-0.2, 0) is 4.79 Å². The zero-order valence-electron chi connectivity index (χ0n) is 12.8. The molecule has 0 aliphatic rings. The van der Waals surface area contributed by atoms with Crippen molar-refractivity contribution in [1.82, 2.24) is 5.32 Å². The number of thioether (sulfide) groups is 1. The summed E-state index contributed by atoms with van der Waals surface area (Å²) < 4.78 is 5.15. The van der Waals surface area contributed by atoms with E-state index >= 15 is 0 Å². The van der Waals surface area contributed by atoms with Gasteiger partial charge in [-0.3, -0.25) is 4.79 Å². The molecule has 0 bridgehead atoms. The van der Waals surface area contributed by atoms with Crippen LogP contribution in [0.25, 0.3) is 0 Å². The first kappa shape index (κ1) is 16.6. The molecule has 0 saturated carbocycles. The Morgan fingerprint density at radius 3 is 2.68 bits per heavy atom. The van der Waals surface area contributed by atoms with Gasteiger partial charge in [0.15, 0.2) is 0 Å². The molecule has 2 aromatic rings. The fourth-order valence-corrected chi connectivity index (χ4v) is 2.80. The van der Waals surface area contributed by atoms with Crippen molar-refractivity contribution in [2.24, 2.45) is 0 Å². The van der Waals surface area contributed by atoms with Gasteiger partial charge in [0.25, 0.3) is 0 Å². The van der Waals surface area contributed by atoms with Crippen LogP contribution in [-0.4, -0.2) is 22.8 Å². The minimum Gasteiger partial charge on any atom is -0.467 e. The first-order valence-corrected chi connectivity index (χ1v) is 8.23. The Kier molecular flexibility index (Phi) is 6.10. The molecule has 22 heavy (non-hydrogen) atoms. The predicted molar refractivity (Wildman–Crippen MR) is 87.8 cm³/mol. The zero-order chi connectivity index (χ0) is 15.9. The van der Waals surface area contributed by atoms with E-state index < -0.39 is 6.10 Å². The highest BCUT2D eigenvalue weighted by Crippen LogP contribution is 2.20. The van der Waals surface area contributed by atoms with E-state index in [1.165, 1.54) is 23.6 Å². The van der Waals surface area contributed by atoms with Crippen molar-refractivity contribution in [2.75, 3.05) is 5.75 Å². The van der Waals surface area contributed by atoms with Crippen LogP contribution < -0.4 is 5.32 Å². The second kappa shape index (κ2) is 8.06. The summed E-state index contributed by atoms with van der Waals surface area (Å²) in [6.07, 6.45) is 1.25. The normalized spacial score (nSPS) is 13.6. The molecule has 1 amide bonds. The molecule has 0 aliphatic heterocycles. The molecule has 0 fully saturated rings. The average Bonchev–Trinajstić information content (AvgIpc) is 3.01. The van der Waals surface area contributed by atoms with Gasteiger partial charge in [-0.1, -0.05) is 17.7 Å². The Balaban J connectivity index is 1.73. The number of amides is 1. The molecular weight excluding hydrogens is 298 g/mol. The monoisotopic (exact) mass is 319 g/mol. The number of aryl methyl sites for hydroxylation is 1. The summed E-state index contributed by atoms with van der Waals surface area (Å²) in [6.45, 7) is 3.91. The van der Waals surface area contributed by atoms with E-state index in [0.29, 0.717) is 17.9 Å². The second-order valence-electron chi connectivity index (χ2n) is 5.34. The molecule has 2 rings (SSSR count). The van der Waals surface area contributed by atoms with Crippen molar-refractivity contribution in [3.8, 4) is 0 Å². The van der Waals surface area contributed by atoms with Gasteiger partial charge in [0.05, 0.1) is 12.0 Å². The molecule has 1 aromatic carbocycles. The Morgan fingerprint density at radius 2 is 2.05 bits per heavy atom. The molecule has 2 atom stereocenters. The molecule has 0 aliphatic carbocycles. The second-order valence-corrected chi connectivity index (χ2v) is 6.39. The van der Waals surface area contributed by atoms with Gasteiger partial charge >= 0.3 is 0 Å². The Bertz CT molecular complexity index is 580. The first-order chi connectivity index (χ1) is 10.5. The standard InChI is InChI=1S/C17H21NO3S/c1-12-5-7-14(8-6-12)22-11-17(20)18-13(2)10-15(19)16-4-3-9-21-16/h3-9,13,15,19H,10-11H2,1-2H3,(H,18,20). The molecule has 0 saturated heterocycles. The van der Waals surface area contributed by atoms with Crippen LogP contribution in [0.2, 0.25) is 0 Å². The third-order valence-electron chi connectivity index (χ3n) is 3.25. The fourth-order valence-electron chi connectivity index (χ4n) is 2.09. The highest BCUT2D eigenvalue weighted by Gasteiger charge is 2.16. The number of hydrogen-bond donors (Lipinski definition) is 2. The van der Waals surface area contributed by atoms with Crippen molar-refractivity contribution in [2.45, 2.75) is 37.3 Å². The minimum absolute atomic E-state index is 0.0373. The molecule has 0 radical (unpaired) electrons. The Hall–Kier alpha value is -1.72. The zero-order valence-corrected chi connectivity index (χ0v) is 13.6. The van der Waals surface area contributed by atoms with Gasteiger partial charge in [-0.15, -0.1) is 11.8 Å². The van der Waals surface area contributed by atoms with Crippen molar-refractivity contribution in [3.05, 3.63) is 54.0 Å². The summed E-state index contributed by atoms with van der Waals surface area (Å²) in [5.41, 5.74) is 1.20. The van der Waals surface area contributed by atoms with Gasteiger partial charge in [0.2, 0.25) is 5.91 Å². The molecule has 2 unspecified atom stereocenters. The maximum Gasteiger partial charge on any atom is 0.230 e. The average molecular weight is 319 g/mol. The summed E-state index contributed by atoms with van der Waals surface area (Å²) in [6, 6.07) is 11.4. The minimum atomic E-state index is -0.699. The number of furan rings is 1. The molecular formula is C17H21NO3S. The molecule has 2 N–H and O–H groups in total. The van der Waals surface area contributed by atoms with E-state index in [9.17, 15) is 9.90 Å². The molecule has 4 nitrogen and oxygen atoms in total. The molecule has 1 heterocycles. The number of aliphatic hydroxyl groups excluding tert-OH is 1. The third kappa shape index (κ3) is 5.24. The van der Waals surface area contributed by atoms with Gasteiger partial charge in [0, 0.05) is 17.4 Å². The largest absolute Gasteiger partial charge is 0.467 e. The molecule has 0 spiro atoms. The summed E-state index contributed by atoms with van der Waals surface area (Å²) in [4.78, 5) is 13.0. The van der Waals surface area contributed by atoms with Crippen molar-refractivity contribution < 1.29 is 14.3 Å². The number of nitrogens with one attached hydrogen (secondary N) is 1.